The van der Waals surface area contributed by atoms with Crippen LogP contribution >= 0.6 is 22.9 Å². The lowest BCUT2D eigenvalue weighted by atomic mass is 9.78. The maximum atomic E-state index is 11.0. The summed E-state index contributed by atoms with van der Waals surface area (Å²) in [7, 11) is 0. The van der Waals surface area contributed by atoms with E-state index in [4.69, 9.17) is 16.7 Å². The Morgan fingerprint density at radius 3 is 2.59 bits per heavy atom. The minimum Gasteiger partial charge on any atom is -0.477 e. The smallest absolute Gasteiger partial charge is 0.347 e. The van der Waals surface area contributed by atoms with Gasteiger partial charge in [0.05, 0.1) is 17.3 Å². The van der Waals surface area contributed by atoms with Gasteiger partial charge in [0.1, 0.15) is 4.88 Å². The molecule has 0 amide bonds. The molecule has 0 radical (unpaired) electrons. The number of carboxylic acids is 1. The minimum absolute atomic E-state index is 0.186. The van der Waals surface area contributed by atoms with Crippen LogP contribution in [0.25, 0.3) is 0 Å². The average Bonchev–Trinajstić information content (AvgIpc) is 3.28. The van der Waals surface area contributed by atoms with E-state index in [0.717, 1.165) is 55.5 Å². The number of aromatic carboxylic acids is 1. The number of rotatable bonds is 8. The molecule has 0 saturated heterocycles. The van der Waals surface area contributed by atoms with Gasteiger partial charge >= 0.3 is 5.97 Å². The second-order valence-electron chi connectivity index (χ2n) is 8.48. The first-order valence-electron chi connectivity index (χ1n) is 10.6. The van der Waals surface area contributed by atoms with E-state index in [9.17, 15) is 9.90 Å². The number of carbonyl (C=O) groups is 1. The highest BCUT2D eigenvalue weighted by atomic mass is 35.5. The van der Waals surface area contributed by atoms with Crippen molar-refractivity contribution < 1.29 is 15.0 Å². The molecular weight excluding hydrogens is 406 g/mol. The van der Waals surface area contributed by atoms with Crippen molar-refractivity contribution in [2.45, 2.75) is 68.8 Å². The summed E-state index contributed by atoms with van der Waals surface area (Å²) in [5, 5.41) is 20.6. The summed E-state index contributed by atoms with van der Waals surface area (Å²) in [6.45, 7) is 0. The first-order chi connectivity index (χ1) is 14.0. The number of hydrogen-bond donors (Lipinski definition) is 2. The Kier molecular flexibility index (Phi) is 6.57. The number of alkyl halides is 1. The molecule has 4 atom stereocenters. The van der Waals surface area contributed by atoms with Crippen molar-refractivity contribution >= 4 is 28.9 Å². The van der Waals surface area contributed by atoms with E-state index in [0.29, 0.717) is 22.6 Å². The molecule has 2 N–H and O–H groups in total. The van der Waals surface area contributed by atoms with Crippen LogP contribution < -0.4 is 0 Å². The Balaban J connectivity index is 1.35. The number of benzene rings is 1. The highest BCUT2D eigenvalue weighted by Crippen LogP contribution is 2.45. The molecule has 0 aliphatic heterocycles. The van der Waals surface area contributed by atoms with E-state index in [1.165, 1.54) is 29.5 Å². The maximum absolute atomic E-state index is 11.0. The molecule has 4 unspecified atom stereocenters. The molecule has 4 nitrogen and oxygen atoms in total. The zero-order valence-electron chi connectivity index (χ0n) is 16.5. The van der Waals surface area contributed by atoms with E-state index >= 15 is 0 Å². The predicted molar refractivity (Wildman–Crippen MR) is 116 cm³/mol. The first kappa shape index (κ1) is 20.8. The summed E-state index contributed by atoms with van der Waals surface area (Å²) in [6, 6.07) is 8.56. The molecule has 1 heterocycles. The van der Waals surface area contributed by atoms with Gasteiger partial charge in [0, 0.05) is 5.38 Å². The highest BCUT2D eigenvalue weighted by molar-refractivity contribution is 7.13. The van der Waals surface area contributed by atoms with Crippen LogP contribution in [-0.4, -0.2) is 26.5 Å². The molecule has 1 aromatic carbocycles. The SMILES string of the molecule is O=C(O)c1cnc(CCCC2C(Cl)CCC2c2ccc(C(O)C3CCC3)cc2)s1. The Morgan fingerprint density at radius 2 is 1.97 bits per heavy atom. The van der Waals surface area contributed by atoms with Crippen LogP contribution in [0.4, 0.5) is 0 Å². The van der Waals surface area contributed by atoms with E-state index in [1.54, 1.807) is 0 Å². The minimum atomic E-state index is -0.906. The fourth-order valence-corrected chi connectivity index (χ4v) is 6.02. The summed E-state index contributed by atoms with van der Waals surface area (Å²) in [4.78, 5) is 15.5. The standard InChI is InChI=1S/C23H28ClNO3S/c24-19-12-11-17(14-7-9-16(10-8-14)22(26)15-3-1-4-15)18(19)5-2-6-21-25-13-20(29-21)23(27)28/h7-10,13,15,17-19,22,26H,1-6,11-12H2,(H,27,28). The lowest BCUT2D eigenvalue weighted by Crippen LogP contribution is -2.20. The number of aromatic nitrogens is 1. The number of aliphatic hydroxyl groups is 1. The predicted octanol–water partition coefficient (Wildman–Crippen LogP) is 5.80. The third-order valence-corrected chi connectivity index (χ3v) is 8.32. The largest absolute Gasteiger partial charge is 0.477 e. The number of thiazole rings is 1. The molecule has 2 saturated carbocycles. The lowest BCUT2D eigenvalue weighted by Gasteiger charge is -2.30. The van der Waals surface area contributed by atoms with Gasteiger partial charge in [-0.1, -0.05) is 30.7 Å². The Bertz CT molecular complexity index is 833. The number of aryl methyl sites for hydroxylation is 1. The van der Waals surface area contributed by atoms with Crippen LogP contribution in [0.15, 0.2) is 30.5 Å². The third-order valence-electron chi connectivity index (χ3n) is 6.73. The fourth-order valence-electron chi connectivity index (χ4n) is 4.80. The van der Waals surface area contributed by atoms with Crippen molar-refractivity contribution in [2.75, 3.05) is 0 Å². The highest BCUT2D eigenvalue weighted by Gasteiger charge is 2.35. The quantitative estimate of drug-likeness (QED) is 0.516. The molecule has 4 rings (SSSR count). The van der Waals surface area contributed by atoms with Gasteiger partial charge in [-0.25, -0.2) is 9.78 Å². The van der Waals surface area contributed by atoms with Gasteiger partial charge in [-0.15, -0.1) is 22.9 Å². The van der Waals surface area contributed by atoms with Crippen LogP contribution in [0.1, 0.15) is 82.8 Å². The van der Waals surface area contributed by atoms with Crippen LogP contribution in [0, 0.1) is 11.8 Å². The first-order valence-corrected chi connectivity index (χ1v) is 11.9. The van der Waals surface area contributed by atoms with Gasteiger partial charge in [-0.3, -0.25) is 0 Å². The zero-order chi connectivity index (χ0) is 20.4. The molecule has 0 spiro atoms. The van der Waals surface area contributed by atoms with E-state index in [2.05, 4.69) is 29.2 Å². The summed E-state index contributed by atoms with van der Waals surface area (Å²) in [5.41, 5.74) is 2.36. The molecule has 0 bridgehead atoms. The van der Waals surface area contributed by atoms with Gasteiger partial charge < -0.3 is 10.2 Å². The van der Waals surface area contributed by atoms with Crippen molar-refractivity contribution in [2.24, 2.45) is 11.8 Å². The molecular formula is C23H28ClNO3S. The number of aliphatic hydroxyl groups excluding tert-OH is 1. The van der Waals surface area contributed by atoms with Crippen molar-refractivity contribution in [3.05, 3.63) is 51.5 Å². The van der Waals surface area contributed by atoms with Gasteiger partial charge in [-0.05, 0) is 73.8 Å². The van der Waals surface area contributed by atoms with Crippen LogP contribution in [0.5, 0.6) is 0 Å². The monoisotopic (exact) mass is 433 g/mol. The molecule has 29 heavy (non-hydrogen) atoms. The number of halogens is 1. The van der Waals surface area contributed by atoms with E-state index in [-0.39, 0.29) is 11.5 Å². The summed E-state index contributed by atoms with van der Waals surface area (Å²) < 4.78 is 0. The molecule has 2 aromatic rings. The van der Waals surface area contributed by atoms with Crippen LogP contribution in [-0.2, 0) is 6.42 Å². The van der Waals surface area contributed by atoms with Crippen LogP contribution in [0.3, 0.4) is 0 Å². The van der Waals surface area contributed by atoms with Crippen molar-refractivity contribution in [1.82, 2.24) is 4.98 Å². The Morgan fingerprint density at radius 1 is 1.21 bits per heavy atom. The van der Waals surface area contributed by atoms with Crippen molar-refractivity contribution in [3.8, 4) is 0 Å². The Hall–Kier alpha value is -1.43. The maximum Gasteiger partial charge on any atom is 0.347 e. The second kappa shape index (κ2) is 9.15. The summed E-state index contributed by atoms with van der Waals surface area (Å²) >= 11 is 7.94. The fraction of sp³-hybridized carbons (Fsp3) is 0.565. The van der Waals surface area contributed by atoms with Crippen LogP contribution in [0.2, 0.25) is 0 Å². The molecule has 6 heteroatoms. The van der Waals surface area contributed by atoms with E-state index < -0.39 is 5.97 Å². The number of carboxylic acid groups (broad SMARTS) is 1. The number of hydrogen-bond acceptors (Lipinski definition) is 4. The summed E-state index contributed by atoms with van der Waals surface area (Å²) in [5.74, 6) is 0.410. The van der Waals surface area contributed by atoms with E-state index in [1.807, 2.05) is 0 Å². The zero-order valence-corrected chi connectivity index (χ0v) is 18.0. The Labute approximate surface area is 180 Å². The molecule has 1 aromatic heterocycles. The normalized spacial score (nSPS) is 25.7. The summed E-state index contributed by atoms with van der Waals surface area (Å²) in [6.07, 6.45) is 9.55. The molecule has 2 fully saturated rings. The second-order valence-corrected chi connectivity index (χ2v) is 10.2. The topological polar surface area (TPSA) is 70.4 Å². The molecule has 2 aliphatic carbocycles. The van der Waals surface area contributed by atoms with Gasteiger partial charge in [0.25, 0.3) is 0 Å². The van der Waals surface area contributed by atoms with Gasteiger partial charge in [-0.2, -0.15) is 0 Å². The van der Waals surface area contributed by atoms with Gasteiger partial charge in [0.2, 0.25) is 0 Å². The van der Waals surface area contributed by atoms with Crippen molar-refractivity contribution in [3.63, 3.8) is 0 Å². The molecule has 156 valence electrons. The number of nitrogens with zero attached hydrogens (tertiary/aromatic N) is 1. The van der Waals surface area contributed by atoms with Gasteiger partial charge in [0.15, 0.2) is 0 Å². The molecule has 2 aliphatic rings. The third kappa shape index (κ3) is 4.68. The average molecular weight is 434 g/mol. The lowest BCUT2D eigenvalue weighted by molar-refractivity contribution is 0.0620. The van der Waals surface area contributed by atoms with Crippen molar-refractivity contribution in [1.29, 1.82) is 0 Å².